The fourth-order valence-corrected chi connectivity index (χ4v) is 3.15. The number of furan rings is 1. The number of carbonyl (C=O) groups is 1. The van der Waals surface area contributed by atoms with E-state index in [0.717, 1.165) is 19.3 Å². The van der Waals surface area contributed by atoms with E-state index >= 15 is 0 Å². The highest BCUT2D eigenvalue weighted by molar-refractivity contribution is 7.79. The van der Waals surface area contributed by atoms with Gasteiger partial charge in [-0.3, -0.25) is 0 Å². The first-order chi connectivity index (χ1) is 12.6. The van der Waals surface area contributed by atoms with Crippen LogP contribution in [0, 0.1) is 0 Å². The van der Waals surface area contributed by atoms with E-state index in [0.29, 0.717) is 18.7 Å². The lowest BCUT2D eigenvalue weighted by Gasteiger charge is -2.16. The second-order valence-electron chi connectivity index (χ2n) is 6.48. The molecular formula is C19H33NO5S. The van der Waals surface area contributed by atoms with Gasteiger partial charge >= 0.3 is 6.09 Å². The first kappa shape index (κ1) is 22.7. The zero-order valence-corrected chi connectivity index (χ0v) is 16.6. The minimum atomic E-state index is -1.83. The van der Waals surface area contributed by atoms with Gasteiger partial charge in [0.05, 0.1) is 12.0 Å². The van der Waals surface area contributed by atoms with Crippen LogP contribution in [-0.4, -0.2) is 27.2 Å². The summed E-state index contributed by atoms with van der Waals surface area (Å²) in [6.07, 6.45) is 11.6. The number of rotatable bonds is 15. The van der Waals surface area contributed by atoms with Crippen molar-refractivity contribution in [2.45, 2.75) is 77.2 Å². The van der Waals surface area contributed by atoms with Gasteiger partial charge in [0.25, 0.3) is 0 Å². The summed E-state index contributed by atoms with van der Waals surface area (Å²) >= 11 is -1.83. The molecule has 150 valence electrons. The number of alkyl carbamates (subject to hydrolysis) is 1. The van der Waals surface area contributed by atoms with Crippen LogP contribution in [0.3, 0.4) is 0 Å². The van der Waals surface area contributed by atoms with Gasteiger partial charge in [-0.25, -0.2) is 9.00 Å². The first-order valence-electron chi connectivity index (χ1n) is 9.68. The van der Waals surface area contributed by atoms with E-state index < -0.39 is 23.3 Å². The van der Waals surface area contributed by atoms with Crippen molar-refractivity contribution in [3.8, 4) is 0 Å². The number of hydrogen-bond donors (Lipinski definition) is 2. The standard InChI is InChI=1S/C19H33NO5S/c1-2-3-4-5-6-7-8-9-12-18(17-13-10-15-24-17)25-19(21)20-14-11-16-26(22)23/h10,13,15,18H,2-9,11-12,14,16H2,1H3,(H,20,21)(H,22,23). The van der Waals surface area contributed by atoms with Crippen LogP contribution in [0.4, 0.5) is 4.79 Å². The molecule has 0 aliphatic heterocycles. The third kappa shape index (κ3) is 11.3. The summed E-state index contributed by atoms with van der Waals surface area (Å²) in [6.45, 7) is 2.53. The summed E-state index contributed by atoms with van der Waals surface area (Å²) in [7, 11) is 0. The molecule has 1 rings (SSSR count). The largest absolute Gasteiger partial charge is 0.465 e. The Hall–Kier alpha value is -1.34. The number of ether oxygens (including phenoxy) is 1. The Kier molecular flexibility index (Phi) is 12.9. The summed E-state index contributed by atoms with van der Waals surface area (Å²) < 4.78 is 30.2. The van der Waals surface area contributed by atoms with Crippen LogP contribution in [0.25, 0.3) is 0 Å². The predicted molar refractivity (Wildman–Crippen MR) is 103 cm³/mol. The smallest absolute Gasteiger partial charge is 0.407 e. The topological polar surface area (TPSA) is 88.8 Å². The lowest BCUT2D eigenvalue weighted by Crippen LogP contribution is -2.27. The van der Waals surface area contributed by atoms with E-state index in [4.69, 9.17) is 13.7 Å². The van der Waals surface area contributed by atoms with Crippen molar-refractivity contribution >= 4 is 17.2 Å². The number of unbranched alkanes of at least 4 members (excludes halogenated alkanes) is 7. The van der Waals surface area contributed by atoms with Crippen molar-refractivity contribution in [2.24, 2.45) is 0 Å². The van der Waals surface area contributed by atoms with Crippen LogP contribution in [-0.2, 0) is 15.8 Å². The molecule has 0 radical (unpaired) electrons. The molecule has 0 spiro atoms. The van der Waals surface area contributed by atoms with Gasteiger partial charge in [-0.2, -0.15) is 0 Å². The SMILES string of the molecule is CCCCCCCCCCC(OC(=O)NCCCS(=O)O)c1ccco1. The highest BCUT2D eigenvalue weighted by Gasteiger charge is 2.18. The summed E-state index contributed by atoms with van der Waals surface area (Å²) in [4.78, 5) is 11.9. The number of carbonyl (C=O) groups excluding carboxylic acids is 1. The average Bonchev–Trinajstić information content (AvgIpc) is 3.14. The van der Waals surface area contributed by atoms with Crippen molar-refractivity contribution in [1.29, 1.82) is 0 Å². The molecule has 0 saturated heterocycles. The van der Waals surface area contributed by atoms with Gasteiger partial charge in [0, 0.05) is 6.54 Å². The second-order valence-corrected chi connectivity index (χ2v) is 7.53. The molecule has 0 aliphatic rings. The second kappa shape index (κ2) is 14.8. The maximum absolute atomic E-state index is 11.9. The van der Waals surface area contributed by atoms with Gasteiger partial charge in [0.1, 0.15) is 5.76 Å². The first-order valence-corrected chi connectivity index (χ1v) is 11.0. The van der Waals surface area contributed by atoms with E-state index in [-0.39, 0.29) is 5.75 Å². The van der Waals surface area contributed by atoms with Crippen LogP contribution in [0.15, 0.2) is 22.8 Å². The molecule has 0 saturated carbocycles. The highest BCUT2D eigenvalue weighted by Crippen LogP contribution is 2.25. The normalized spacial score (nSPS) is 13.3. The van der Waals surface area contributed by atoms with Gasteiger partial charge in [-0.05, 0) is 31.4 Å². The number of amides is 1. The zero-order valence-electron chi connectivity index (χ0n) is 15.8. The molecule has 6 nitrogen and oxygen atoms in total. The van der Waals surface area contributed by atoms with Gasteiger partial charge in [-0.15, -0.1) is 0 Å². The number of nitrogens with one attached hydrogen (secondary N) is 1. The number of hydrogen-bond acceptors (Lipinski definition) is 4. The van der Waals surface area contributed by atoms with Gasteiger partial charge < -0.3 is 19.0 Å². The third-order valence-electron chi connectivity index (χ3n) is 4.19. The summed E-state index contributed by atoms with van der Waals surface area (Å²) in [6, 6.07) is 3.60. The van der Waals surface area contributed by atoms with Crippen molar-refractivity contribution in [3.63, 3.8) is 0 Å². The molecule has 0 aromatic carbocycles. The lowest BCUT2D eigenvalue weighted by atomic mass is 10.0. The van der Waals surface area contributed by atoms with Gasteiger partial charge in [0.15, 0.2) is 17.2 Å². The molecule has 0 fully saturated rings. The molecule has 26 heavy (non-hydrogen) atoms. The van der Waals surface area contributed by atoms with Gasteiger partial charge in [0.2, 0.25) is 0 Å². The molecule has 1 aromatic rings. The Bertz CT molecular complexity index is 492. The lowest BCUT2D eigenvalue weighted by molar-refractivity contribution is 0.0778. The third-order valence-corrected chi connectivity index (χ3v) is 4.83. The van der Waals surface area contributed by atoms with E-state index in [1.165, 1.54) is 38.5 Å². The van der Waals surface area contributed by atoms with Crippen molar-refractivity contribution in [3.05, 3.63) is 24.2 Å². The Morgan fingerprint density at radius 3 is 2.50 bits per heavy atom. The van der Waals surface area contributed by atoms with E-state index in [1.807, 2.05) is 6.07 Å². The molecular weight excluding hydrogens is 354 g/mol. The Morgan fingerprint density at radius 2 is 1.88 bits per heavy atom. The summed E-state index contributed by atoms with van der Waals surface area (Å²) in [5, 5.41) is 2.61. The van der Waals surface area contributed by atoms with E-state index in [1.54, 1.807) is 12.3 Å². The molecule has 2 N–H and O–H groups in total. The quantitative estimate of drug-likeness (QED) is 0.319. The van der Waals surface area contributed by atoms with Crippen LogP contribution < -0.4 is 5.32 Å². The van der Waals surface area contributed by atoms with Crippen LogP contribution >= 0.6 is 0 Å². The van der Waals surface area contributed by atoms with Crippen LogP contribution in [0.5, 0.6) is 0 Å². The zero-order chi connectivity index (χ0) is 19.0. The average molecular weight is 388 g/mol. The molecule has 2 unspecified atom stereocenters. The Labute approximate surface area is 159 Å². The molecule has 7 heteroatoms. The molecule has 1 aromatic heterocycles. The van der Waals surface area contributed by atoms with Crippen LogP contribution in [0.2, 0.25) is 0 Å². The fraction of sp³-hybridized carbons (Fsp3) is 0.737. The van der Waals surface area contributed by atoms with E-state index in [2.05, 4.69) is 12.2 Å². The monoisotopic (exact) mass is 387 g/mol. The molecule has 0 aliphatic carbocycles. The van der Waals surface area contributed by atoms with Crippen molar-refractivity contribution < 1.29 is 22.7 Å². The summed E-state index contributed by atoms with van der Waals surface area (Å²) in [5.41, 5.74) is 0. The maximum atomic E-state index is 11.9. The summed E-state index contributed by atoms with van der Waals surface area (Å²) in [5.74, 6) is 0.791. The van der Waals surface area contributed by atoms with Gasteiger partial charge in [-0.1, -0.05) is 51.9 Å². The Morgan fingerprint density at radius 1 is 1.19 bits per heavy atom. The maximum Gasteiger partial charge on any atom is 0.407 e. The molecule has 1 amide bonds. The molecule has 1 heterocycles. The minimum Gasteiger partial charge on any atom is -0.465 e. The van der Waals surface area contributed by atoms with Crippen LogP contribution in [0.1, 0.15) is 83.0 Å². The molecule has 2 atom stereocenters. The Balaban J connectivity index is 2.25. The minimum absolute atomic E-state index is 0.139. The fourth-order valence-electron chi connectivity index (χ4n) is 2.75. The predicted octanol–water partition coefficient (Wildman–Crippen LogP) is 5.19. The van der Waals surface area contributed by atoms with E-state index in [9.17, 15) is 9.00 Å². The highest BCUT2D eigenvalue weighted by atomic mass is 32.2. The van der Waals surface area contributed by atoms with Crippen molar-refractivity contribution in [1.82, 2.24) is 5.32 Å². The molecule has 0 bridgehead atoms. The van der Waals surface area contributed by atoms with Crippen molar-refractivity contribution in [2.75, 3.05) is 12.3 Å².